The van der Waals surface area contributed by atoms with Gasteiger partial charge in [0.15, 0.2) is 0 Å². The number of hydrogen-bond donors (Lipinski definition) is 0. The van der Waals surface area contributed by atoms with Crippen molar-refractivity contribution in [1.82, 2.24) is 9.80 Å². The number of nitrogens with zero attached hydrogens (tertiary/aromatic N) is 3. The van der Waals surface area contributed by atoms with Crippen molar-refractivity contribution in [2.75, 3.05) is 32.7 Å². The minimum atomic E-state index is 0.252. The van der Waals surface area contributed by atoms with Crippen LogP contribution in [0.3, 0.4) is 0 Å². The van der Waals surface area contributed by atoms with Crippen molar-refractivity contribution in [2.24, 2.45) is 17.3 Å². The molecule has 21 heavy (non-hydrogen) atoms. The minimum absolute atomic E-state index is 0.252. The standard InChI is InChI=1S/C18H33N3/c1-5-18(3,4)16-8-7-15(14-19)17(13-16)21-11-9-20(6-2)10-12-21/h15-17H,5-13H2,1-4H3. The van der Waals surface area contributed by atoms with Gasteiger partial charge in [-0.1, -0.05) is 34.1 Å². The molecule has 0 aromatic heterocycles. The quantitative estimate of drug-likeness (QED) is 0.795. The highest BCUT2D eigenvalue weighted by Crippen LogP contribution is 2.43. The predicted octanol–water partition coefficient (Wildman–Crippen LogP) is 3.37. The average molecular weight is 291 g/mol. The Labute approximate surface area is 131 Å². The van der Waals surface area contributed by atoms with Gasteiger partial charge in [-0.2, -0.15) is 5.26 Å². The summed E-state index contributed by atoms with van der Waals surface area (Å²) < 4.78 is 0. The van der Waals surface area contributed by atoms with Gasteiger partial charge in [0.2, 0.25) is 0 Å². The lowest BCUT2D eigenvalue weighted by Crippen LogP contribution is -2.54. The van der Waals surface area contributed by atoms with Crippen LogP contribution in [0.5, 0.6) is 0 Å². The second-order valence-electron chi connectivity index (χ2n) is 7.63. The van der Waals surface area contributed by atoms with E-state index in [1.165, 1.54) is 32.4 Å². The van der Waals surface area contributed by atoms with Crippen molar-refractivity contribution in [2.45, 2.75) is 59.4 Å². The lowest BCUT2D eigenvalue weighted by atomic mass is 9.66. The highest BCUT2D eigenvalue weighted by molar-refractivity contribution is 5.00. The van der Waals surface area contributed by atoms with Gasteiger partial charge in [0.25, 0.3) is 0 Å². The smallest absolute Gasteiger partial charge is 0.0672 e. The zero-order valence-electron chi connectivity index (χ0n) is 14.4. The molecule has 2 aliphatic rings. The van der Waals surface area contributed by atoms with Gasteiger partial charge in [-0.05, 0) is 37.1 Å². The SMILES string of the molecule is CCN1CCN(C2CC(C(C)(C)CC)CCC2C#N)CC1. The Morgan fingerprint density at radius 1 is 1.10 bits per heavy atom. The first-order valence-electron chi connectivity index (χ1n) is 8.87. The lowest BCUT2D eigenvalue weighted by Gasteiger charge is -2.47. The van der Waals surface area contributed by atoms with E-state index in [0.29, 0.717) is 11.5 Å². The van der Waals surface area contributed by atoms with Crippen molar-refractivity contribution < 1.29 is 0 Å². The fourth-order valence-electron chi connectivity index (χ4n) is 4.11. The van der Waals surface area contributed by atoms with Crippen LogP contribution in [0.1, 0.15) is 53.4 Å². The first-order chi connectivity index (χ1) is 10.0. The van der Waals surface area contributed by atoms with E-state index in [1.54, 1.807) is 0 Å². The third-order valence-electron chi connectivity index (χ3n) is 6.32. The normalized spacial score (nSPS) is 32.8. The molecule has 1 saturated heterocycles. The zero-order chi connectivity index (χ0) is 15.5. The molecule has 0 aromatic carbocycles. The summed E-state index contributed by atoms with van der Waals surface area (Å²) >= 11 is 0. The highest BCUT2D eigenvalue weighted by atomic mass is 15.3. The Morgan fingerprint density at radius 2 is 1.76 bits per heavy atom. The Kier molecular flexibility index (Phi) is 5.68. The molecule has 2 rings (SSSR count). The summed E-state index contributed by atoms with van der Waals surface area (Å²) in [7, 11) is 0. The van der Waals surface area contributed by atoms with Crippen LogP contribution in [0.25, 0.3) is 0 Å². The lowest BCUT2D eigenvalue weighted by molar-refractivity contribution is 0.0237. The zero-order valence-corrected chi connectivity index (χ0v) is 14.4. The molecule has 120 valence electrons. The van der Waals surface area contributed by atoms with E-state index in [9.17, 15) is 5.26 Å². The van der Waals surface area contributed by atoms with Gasteiger partial charge in [0, 0.05) is 32.2 Å². The molecule has 3 atom stereocenters. The minimum Gasteiger partial charge on any atom is -0.301 e. The van der Waals surface area contributed by atoms with Gasteiger partial charge in [-0.3, -0.25) is 4.90 Å². The third-order valence-corrected chi connectivity index (χ3v) is 6.32. The van der Waals surface area contributed by atoms with Gasteiger partial charge in [-0.15, -0.1) is 0 Å². The van der Waals surface area contributed by atoms with Crippen LogP contribution in [-0.2, 0) is 0 Å². The summed E-state index contributed by atoms with van der Waals surface area (Å²) in [5, 5.41) is 9.55. The fraction of sp³-hybridized carbons (Fsp3) is 0.944. The molecule has 1 aliphatic heterocycles. The van der Waals surface area contributed by atoms with Crippen molar-refractivity contribution in [1.29, 1.82) is 5.26 Å². The Morgan fingerprint density at radius 3 is 2.29 bits per heavy atom. The summed E-state index contributed by atoms with van der Waals surface area (Å²) in [5.41, 5.74) is 0.421. The van der Waals surface area contributed by atoms with Crippen molar-refractivity contribution in [3.8, 4) is 6.07 Å². The molecule has 2 fully saturated rings. The number of rotatable bonds is 4. The maximum absolute atomic E-state index is 9.55. The molecule has 3 heteroatoms. The second kappa shape index (κ2) is 7.11. The molecule has 3 unspecified atom stereocenters. The van der Waals surface area contributed by atoms with E-state index < -0.39 is 0 Å². The molecule has 1 saturated carbocycles. The summed E-state index contributed by atoms with van der Waals surface area (Å²) in [5.74, 6) is 1.03. The Hall–Kier alpha value is -0.590. The topological polar surface area (TPSA) is 30.3 Å². The maximum Gasteiger partial charge on any atom is 0.0672 e. The molecule has 1 heterocycles. The first kappa shape index (κ1) is 16.8. The molecule has 1 aliphatic carbocycles. The molecule has 0 aromatic rings. The Balaban J connectivity index is 2.02. The number of hydrogen-bond acceptors (Lipinski definition) is 3. The molecule has 0 bridgehead atoms. The van der Waals surface area contributed by atoms with E-state index in [2.05, 4.69) is 43.6 Å². The summed E-state index contributed by atoms with van der Waals surface area (Å²) in [6.45, 7) is 15.2. The fourth-order valence-corrected chi connectivity index (χ4v) is 4.11. The monoisotopic (exact) mass is 291 g/mol. The predicted molar refractivity (Wildman–Crippen MR) is 88.0 cm³/mol. The average Bonchev–Trinajstić information content (AvgIpc) is 2.54. The molecular formula is C18H33N3. The highest BCUT2D eigenvalue weighted by Gasteiger charge is 2.40. The number of nitriles is 1. The van der Waals surface area contributed by atoms with Crippen LogP contribution >= 0.6 is 0 Å². The van der Waals surface area contributed by atoms with Gasteiger partial charge in [0.1, 0.15) is 0 Å². The number of piperazine rings is 1. The van der Waals surface area contributed by atoms with Crippen molar-refractivity contribution in [3.63, 3.8) is 0 Å². The summed E-state index contributed by atoms with van der Waals surface area (Å²) in [4.78, 5) is 5.14. The molecule has 0 spiro atoms. The van der Waals surface area contributed by atoms with Gasteiger partial charge < -0.3 is 4.90 Å². The Bertz CT molecular complexity index is 363. The van der Waals surface area contributed by atoms with E-state index in [1.807, 2.05) is 0 Å². The molecule has 0 radical (unpaired) electrons. The largest absolute Gasteiger partial charge is 0.301 e. The van der Waals surface area contributed by atoms with Crippen LogP contribution in [0.2, 0.25) is 0 Å². The molecule has 3 nitrogen and oxygen atoms in total. The van der Waals surface area contributed by atoms with Crippen LogP contribution in [-0.4, -0.2) is 48.6 Å². The summed E-state index contributed by atoms with van der Waals surface area (Å²) in [6, 6.07) is 3.11. The molecule has 0 amide bonds. The van der Waals surface area contributed by atoms with Gasteiger partial charge in [0.05, 0.1) is 12.0 Å². The molecule has 0 N–H and O–H groups in total. The summed E-state index contributed by atoms with van der Waals surface area (Å²) in [6.07, 6.45) is 4.81. The van der Waals surface area contributed by atoms with Gasteiger partial charge >= 0.3 is 0 Å². The van der Waals surface area contributed by atoms with E-state index >= 15 is 0 Å². The molecular weight excluding hydrogens is 258 g/mol. The van der Waals surface area contributed by atoms with Crippen molar-refractivity contribution in [3.05, 3.63) is 0 Å². The van der Waals surface area contributed by atoms with Gasteiger partial charge in [-0.25, -0.2) is 0 Å². The van der Waals surface area contributed by atoms with E-state index in [4.69, 9.17) is 0 Å². The third kappa shape index (κ3) is 3.79. The van der Waals surface area contributed by atoms with Crippen molar-refractivity contribution >= 4 is 0 Å². The van der Waals surface area contributed by atoms with Crippen LogP contribution in [0.15, 0.2) is 0 Å². The maximum atomic E-state index is 9.55. The first-order valence-corrected chi connectivity index (χ1v) is 8.87. The van der Waals surface area contributed by atoms with Crippen LogP contribution in [0.4, 0.5) is 0 Å². The van der Waals surface area contributed by atoms with Crippen LogP contribution < -0.4 is 0 Å². The van der Waals surface area contributed by atoms with E-state index in [-0.39, 0.29) is 5.92 Å². The second-order valence-corrected chi connectivity index (χ2v) is 7.63. The van der Waals surface area contributed by atoms with E-state index in [0.717, 1.165) is 32.0 Å². The van der Waals surface area contributed by atoms with Crippen LogP contribution in [0, 0.1) is 28.6 Å². The number of likely N-dealkylation sites (N-methyl/N-ethyl adjacent to an activating group) is 1.